The molecule has 0 aromatic carbocycles. The summed E-state index contributed by atoms with van der Waals surface area (Å²) in [4.78, 5) is 17.6. The second kappa shape index (κ2) is 24.7. The monoisotopic (exact) mass is 462 g/mol. The number of hydrogen-bond donors (Lipinski definition) is 3. The van der Waals surface area contributed by atoms with E-state index in [0.29, 0.717) is 13.0 Å². The van der Waals surface area contributed by atoms with Crippen LogP contribution in [0.1, 0.15) is 154 Å². The summed E-state index contributed by atoms with van der Waals surface area (Å²) in [6.45, 7) is 0.357. The maximum absolute atomic E-state index is 10.8. The molecule has 5 heteroatoms. The zero-order valence-electron chi connectivity index (χ0n) is 20.6. The second-order valence-electron chi connectivity index (χ2n) is 9.60. The molecule has 0 aromatic heterocycles. The van der Waals surface area contributed by atoms with Gasteiger partial charge in [-0.15, -0.1) is 0 Å². The zero-order valence-corrected chi connectivity index (χ0v) is 21.5. The minimum atomic E-state index is -3.77. The molecule has 0 rings (SSSR count). The number of hydrogen-bond acceptors (Lipinski definition) is 2. The quantitative estimate of drug-likeness (QED) is 0.0889. The molecule has 0 atom stereocenters. The van der Waals surface area contributed by atoms with Gasteiger partial charge in [-0.05, 0) is 12.8 Å². The van der Waals surface area contributed by atoms with Crippen molar-refractivity contribution >= 4 is 7.60 Å². The summed E-state index contributed by atoms with van der Waals surface area (Å²) in [5.41, 5.74) is 0. The molecule has 4 nitrogen and oxygen atoms in total. The molecule has 0 spiro atoms. The van der Waals surface area contributed by atoms with Gasteiger partial charge in [0.25, 0.3) is 0 Å². The Hall–Kier alpha value is 0.110. The van der Waals surface area contributed by atoms with E-state index in [1.54, 1.807) is 0 Å². The molecule has 0 aliphatic rings. The molecule has 0 saturated heterocycles. The van der Waals surface area contributed by atoms with E-state index in [4.69, 9.17) is 14.9 Å². The minimum absolute atomic E-state index is 0.0563. The molecule has 0 amide bonds. The molecule has 0 aromatic rings. The summed E-state index contributed by atoms with van der Waals surface area (Å²) in [5.74, 6) is 0. The molecule has 0 unspecified atom stereocenters. The molecule has 0 bridgehead atoms. The third kappa shape index (κ3) is 30.1. The zero-order chi connectivity index (χ0) is 22.9. The highest BCUT2D eigenvalue weighted by Gasteiger charge is 2.10. The van der Waals surface area contributed by atoms with Crippen molar-refractivity contribution in [3.63, 3.8) is 0 Å². The lowest BCUT2D eigenvalue weighted by atomic mass is 10.0. The molecule has 0 heterocycles. The van der Waals surface area contributed by atoms with E-state index in [9.17, 15) is 4.57 Å². The van der Waals surface area contributed by atoms with Crippen LogP contribution in [0.4, 0.5) is 0 Å². The highest BCUT2D eigenvalue weighted by atomic mass is 31.2. The smallest absolute Gasteiger partial charge is 0.325 e. The maximum atomic E-state index is 10.8. The Bertz CT molecular complexity index is 384. The molecule has 31 heavy (non-hydrogen) atoms. The number of rotatable bonds is 26. The Morgan fingerprint density at radius 1 is 0.355 bits per heavy atom. The van der Waals surface area contributed by atoms with Crippen molar-refractivity contribution < 1.29 is 19.5 Å². The van der Waals surface area contributed by atoms with Crippen LogP contribution in [0.15, 0.2) is 0 Å². The van der Waals surface area contributed by atoms with Gasteiger partial charge in [0, 0.05) is 12.8 Å². The lowest BCUT2D eigenvalue weighted by molar-refractivity contribution is 0.282. The molecular formula is C26H55O4P. The first-order valence-electron chi connectivity index (χ1n) is 13.7. The Balaban J connectivity index is 3.03. The van der Waals surface area contributed by atoms with E-state index >= 15 is 0 Å². The van der Waals surface area contributed by atoms with Crippen LogP contribution in [0, 0.1) is 0 Å². The SMILES string of the molecule is O=P(O)(O)CCCCCCCCCCCCCCCCCCCCCCCCCCO. The molecule has 3 N–H and O–H groups in total. The molecule has 0 fully saturated rings. The number of aliphatic hydroxyl groups is 1. The van der Waals surface area contributed by atoms with Crippen LogP contribution >= 0.6 is 7.60 Å². The molecule has 0 radical (unpaired) electrons. The van der Waals surface area contributed by atoms with E-state index in [2.05, 4.69) is 0 Å². The third-order valence-electron chi connectivity index (χ3n) is 6.36. The summed E-state index contributed by atoms with van der Waals surface area (Å²) in [7, 11) is -3.77. The Morgan fingerprint density at radius 3 is 0.742 bits per heavy atom. The van der Waals surface area contributed by atoms with Gasteiger partial charge in [0.15, 0.2) is 0 Å². The van der Waals surface area contributed by atoms with Crippen molar-refractivity contribution in [2.45, 2.75) is 154 Å². The topological polar surface area (TPSA) is 77.8 Å². The van der Waals surface area contributed by atoms with Crippen molar-refractivity contribution in [2.24, 2.45) is 0 Å². The van der Waals surface area contributed by atoms with E-state index < -0.39 is 7.60 Å². The fourth-order valence-corrected chi connectivity index (χ4v) is 4.95. The molecule has 188 valence electrons. The fourth-order valence-electron chi connectivity index (χ4n) is 4.32. The minimum Gasteiger partial charge on any atom is -0.396 e. The highest BCUT2D eigenvalue weighted by molar-refractivity contribution is 7.51. The first kappa shape index (κ1) is 31.1. The van der Waals surface area contributed by atoms with Crippen LogP contribution in [-0.4, -0.2) is 27.7 Å². The van der Waals surface area contributed by atoms with Gasteiger partial charge in [-0.1, -0.05) is 141 Å². The van der Waals surface area contributed by atoms with Crippen molar-refractivity contribution in [2.75, 3.05) is 12.8 Å². The average Bonchev–Trinajstić information content (AvgIpc) is 2.73. The maximum Gasteiger partial charge on any atom is 0.325 e. The van der Waals surface area contributed by atoms with Crippen molar-refractivity contribution in [1.29, 1.82) is 0 Å². The summed E-state index contributed by atoms with van der Waals surface area (Å²) >= 11 is 0. The Kier molecular flexibility index (Phi) is 24.8. The van der Waals surface area contributed by atoms with Gasteiger partial charge in [-0.2, -0.15) is 0 Å². The van der Waals surface area contributed by atoms with Gasteiger partial charge in [0.05, 0.1) is 0 Å². The van der Waals surface area contributed by atoms with Crippen LogP contribution in [0.3, 0.4) is 0 Å². The van der Waals surface area contributed by atoms with Crippen LogP contribution in [0.5, 0.6) is 0 Å². The van der Waals surface area contributed by atoms with Gasteiger partial charge >= 0.3 is 7.60 Å². The largest absolute Gasteiger partial charge is 0.396 e. The summed E-state index contributed by atoms with van der Waals surface area (Å²) in [6.07, 6.45) is 31.1. The standard InChI is InChI=1S/C26H55O4P/c27-25-23-21-19-17-15-13-11-9-7-5-3-1-2-4-6-8-10-12-14-16-18-20-22-24-26-31(28,29)30/h27H,1-26H2,(H2,28,29,30). The van der Waals surface area contributed by atoms with Gasteiger partial charge in [-0.3, -0.25) is 4.57 Å². The van der Waals surface area contributed by atoms with E-state index in [1.807, 2.05) is 0 Å². The first-order chi connectivity index (χ1) is 15.1. The third-order valence-corrected chi connectivity index (χ3v) is 7.26. The molecular weight excluding hydrogens is 407 g/mol. The molecule has 0 aliphatic carbocycles. The average molecular weight is 463 g/mol. The van der Waals surface area contributed by atoms with E-state index in [-0.39, 0.29) is 6.16 Å². The normalized spacial score (nSPS) is 12.0. The summed E-state index contributed by atoms with van der Waals surface area (Å²) in [5, 5.41) is 8.74. The predicted molar refractivity (Wildman–Crippen MR) is 135 cm³/mol. The molecule has 0 aliphatic heterocycles. The van der Waals surface area contributed by atoms with Crippen LogP contribution in [0.2, 0.25) is 0 Å². The Labute approximate surface area is 194 Å². The first-order valence-corrected chi connectivity index (χ1v) is 15.5. The van der Waals surface area contributed by atoms with Gasteiger partial charge < -0.3 is 14.9 Å². The van der Waals surface area contributed by atoms with Gasteiger partial charge in [0.1, 0.15) is 0 Å². The highest BCUT2D eigenvalue weighted by Crippen LogP contribution is 2.35. The van der Waals surface area contributed by atoms with Gasteiger partial charge in [-0.25, -0.2) is 0 Å². The van der Waals surface area contributed by atoms with Gasteiger partial charge in [0.2, 0.25) is 0 Å². The van der Waals surface area contributed by atoms with Crippen LogP contribution in [0.25, 0.3) is 0 Å². The lowest BCUT2D eigenvalue weighted by Crippen LogP contribution is -1.88. The van der Waals surface area contributed by atoms with Crippen LogP contribution in [-0.2, 0) is 4.57 Å². The number of unbranched alkanes of at least 4 members (excludes halogenated alkanes) is 23. The second-order valence-corrected chi connectivity index (χ2v) is 11.4. The fraction of sp³-hybridized carbons (Fsp3) is 1.00. The predicted octanol–water partition coefficient (Wildman–Crippen LogP) is 8.52. The van der Waals surface area contributed by atoms with Crippen molar-refractivity contribution in [1.82, 2.24) is 0 Å². The van der Waals surface area contributed by atoms with E-state index in [0.717, 1.165) is 19.3 Å². The van der Waals surface area contributed by atoms with Crippen molar-refractivity contribution in [3.05, 3.63) is 0 Å². The summed E-state index contributed by atoms with van der Waals surface area (Å²) in [6, 6.07) is 0. The van der Waals surface area contributed by atoms with E-state index in [1.165, 1.54) is 128 Å². The lowest BCUT2D eigenvalue weighted by Gasteiger charge is -2.05. The summed E-state index contributed by atoms with van der Waals surface area (Å²) < 4.78 is 10.8. The number of aliphatic hydroxyl groups excluding tert-OH is 1. The molecule has 0 saturated carbocycles. The Morgan fingerprint density at radius 2 is 0.548 bits per heavy atom. The van der Waals surface area contributed by atoms with Crippen LogP contribution < -0.4 is 0 Å². The van der Waals surface area contributed by atoms with Crippen molar-refractivity contribution in [3.8, 4) is 0 Å².